The number of anilines is 3. The van der Waals surface area contributed by atoms with E-state index in [0.29, 0.717) is 5.82 Å². The van der Waals surface area contributed by atoms with E-state index in [2.05, 4.69) is 15.3 Å². The maximum absolute atomic E-state index is 5.74. The van der Waals surface area contributed by atoms with E-state index < -0.39 is 0 Å². The van der Waals surface area contributed by atoms with Gasteiger partial charge in [-0.25, -0.2) is 9.97 Å². The van der Waals surface area contributed by atoms with Gasteiger partial charge in [0.1, 0.15) is 17.5 Å². The van der Waals surface area contributed by atoms with Crippen LogP contribution in [-0.4, -0.2) is 9.97 Å². The Hall–Kier alpha value is -2.10. The van der Waals surface area contributed by atoms with Crippen molar-refractivity contribution in [2.75, 3.05) is 11.1 Å². The summed E-state index contributed by atoms with van der Waals surface area (Å²) in [5.41, 5.74) is 7.94. The monoisotopic (exact) mass is 228 g/mol. The van der Waals surface area contributed by atoms with E-state index in [1.165, 1.54) is 5.56 Å². The molecule has 0 saturated carbocycles. The van der Waals surface area contributed by atoms with Gasteiger partial charge < -0.3 is 11.1 Å². The fourth-order valence-corrected chi connectivity index (χ4v) is 1.59. The van der Waals surface area contributed by atoms with E-state index in [9.17, 15) is 0 Å². The first-order chi connectivity index (χ1) is 8.19. The van der Waals surface area contributed by atoms with Gasteiger partial charge >= 0.3 is 0 Å². The number of benzene rings is 1. The Morgan fingerprint density at radius 3 is 2.71 bits per heavy atom. The lowest BCUT2D eigenvalue weighted by Gasteiger charge is -2.09. The van der Waals surface area contributed by atoms with Crippen molar-refractivity contribution in [1.82, 2.24) is 9.97 Å². The molecule has 0 amide bonds. The van der Waals surface area contributed by atoms with Gasteiger partial charge in [0.05, 0.1) is 0 Å². The Labute approximate surface area is 101 Å². The number of aryl methyl sites for hydroxylation is 2. The minimum absolute atomic E-state index is 0.493. The summed E-state index contributed by atoms with van der Waals surface area (Å²) in [7, 11) is 0. The van der Waals surface area contributed by atoms with Gasteiger partial charge in [-0.2, -0.15) is 0 Å². The van der Waals surface area contributed by atoms with E-state index in [4.69, 9.17) is 5.73 Å². The fourth-order valence-electron chi connectivity index (χ4n) is 1.59. The van der Waals surface area contributed by atoms with E-state index in [-0.39, 0.29) is 0 Å². The summed E-state index contributed by atoms with van der Waals surface area (Å²) in [6.45, 7) is 4.06. The number of nitrogens with zero attached hydrogens (tertiary/aromatic N) is 2. The largest absolute Gasteiger partial charge is 0.384 e. The third-order valence-corrected chi connectivity index (χ3v) is 2.52. The highest BCUT2D eigenvalue weighted by Gasteiger charge is 2.03. The molecule has 3 N–H and O–H groups in total. The Morgan fingerprint density at radius 1 is 1.24 bits per heavy atom. The van der Waals surface area contributed by atoms with E-state index >= 15 is 0 Å². The van der Waals surface area contributed by atoms with Gasteiger partial charge in [-0.05, 0) is 18.6 Å². The maximum Gasteiger partial charge on any atom is 0.136 e. The van der Waals surface area contributed by atoms with Crippen molar-refractivity contribution >= 4 is 17.3 Å². The molecule has 17 heavy (non-hydrogen) atoms. The zero-order chi connectivity index (χ0) is 12.3. The topological polar surface area (TPSA) is 63.8 Å². The van der Waals surface area contributed by atoms with Gasteiger partial charge in [0.15, 0.2) is 0 Å². The molecule has 0 spiro atoms. The first kappa shape index (κ1) is 11.4. The summed E-state index contributed by atoms with van der Waals surface area (Å²) in [6, 6.07) is 9.80. The van der Waals surface area contributed by atoms with E-state index in [1.807, 2.05) is 38.1 Å². The molecule has 0 aliphatic rings. The SMILES string of the molecule is CCc1nc(N)cc(Nc2ccccc2C)n1. The van der Waals surface area contributed by atoms with Gasteiger partial charge in [0.2, 0.25) is 0 Å². The van der Waals surface area contributed by atoms with Crippen LogP contribution >= 0.6 is 0 Å². The van der Waals surface area contributed by atoms with Gasteiger partial charge in [-0.1, -0.05) is 25.1 Å². The zero-order valence-electron chi connectivity index (χ0n) is 10.1. The Morgan fingerprint density at radius 2 is 2.00 bits per heavy atom. The minimum atomic E-state index is 0.493. The fraction of sp³-hybridized carbons (Fsp3) is 0.231. The second-order valence-corrected chi connectivity index (χ2v) is 3.89. The highest BCUT2D eigenvalue weighted by atomic mass is 15.0. The van der Waals surface area contributed by atoms with Crippen LogP contribution in [0.1, 0.15) is 18.3 Å². The standard InChI is InChI=1S/C13H16N4/c1-3-12-16-11(14)8-13(17-12)15-10-7-5-4-6-9(10)2/h4-8H,3H2,1-2H3,(H3,14,15,16,17). The van der Waals surface area contributed by atoms with Crippen molar-refractivity contribution in [2.24, 2.45) is 0 Å². The summed E-state index contributed by atoms with van der Waals surface area (Å²) >= 11 is 0. The number of nitrogens with one attached hydrogen (secondary N) is 1. The molecule has 0 saturated heterocycles. The first-order valence-corrected chi connectivity index (χ1v) is 5.65. The normalized spacial score (nSPS) is 10.2. The highest BCUT2D eigenvalue weighted by Crippen LogP contribution is 2.19. The molecular weight excluding hydrogens is 212 g/mol. The molecule has 4 nitrogen and oxygen atoms in total. The van der Waals surface area contributed by atoms with Crippen molar-refractivity contribution in [3.05, 3.63) is 41.7 Å². The number of nitrogen functional groups attached to an aromatic ring is 1. The van der Waals surface area contributed by atoms with Crippen LogP contribution < -0.4 is 11.1 Å². The maximum atomic E-state index is 5.74. The number of hydrogen-bond donors (Lipinski definition) is 2. The van der Waals surface area contributed by atoms with Crippen LogP contribution in [0.25, 0.3) is 0 Å². The molecule has 1 aromatic carbocycles. The van der Waals surface area contributed by atoms with Gasteiger partial charge in [-0.15, -0.1) is 0 Å². The smallest absolute Gasteiger partial charge is 0.136 e. The minimum Gasteiger partial charge on any atom is -0.384 e. The molecular formula is C13H16N4. The molecule has 0 fully saturated rings. The lowest BCUT2D eigenvalue weighted by Crippen LogP contribution is -2.03. The average Bonchev–Trinajstić information content (AvgIpc) is 2.31. The quantitative estimate of drug-likeness (QED) is 0.847. The third-order valence-electron chi connectivity index (χ3n) is 2.52. The van der Waals surface area contributed by atoms with E-state index in [1.54, 1.807) is 6.07 Å². The molecule has 1 heterocycles. The Kier molecular flexibility index (Phi) is 3.23. The summed E-state index contributed by atoms with van der Waals surface area (Å²) in [5, 5.41) is 3.26. The molecule has 0 atom stereocenters. The van der Waals surface area contributed by atoms with Crippen LogP contribution in [0.15, 0.2) is 30.3 Å². The summed E-state index contributed by atoms with van der Waals surface area (Å²) < 4.78 is 0. The van der Waals surface area contributed by atoms with Crippen LogP contribution in [-0.2, 0) is 6.42 Å². The van der Waals surface area contributed by atoms with Crippen molar-refractivity contribution in [2.45, 2.75) is 20.3 Å². The number of hydrogen-bond acceptors (Lipinski definition) is 4. The van der Waals surface area contributed by atoms with Crippen LogP contribution in [0.5, 0.6) is 0 Å². The number of rotatable bonds is 3. The molecule has 0 bridgehead atoms. The number of aromatic nitrogens is 2. The van der Waals surface area contributed by atoms with Gasteiger partial charge in [-0.3, -0.25) is 0 Å². The Bertz CT molecular complexity index is 523. The summed E-state index contributed by atoms with van der Waals surface area (Å²) in [4.78, 5) is 8.53. The zero-order valence-corrected chi connectivity index (χ0v) is 10.1. The molecule has 2 aromatic rings. The molecule has 0 aliphatic carbocycles. The Balaban J connectivity index is 2.30. The lowest BCUT2D eigenvalue weighted by molar-refractivity contribution is 0.948. The lowest BCUT2D eigenvalue weighted by atomic mass is 10.2. The molecule has 88 valence electrons. The predicted molar refractivity (Wildman–Crippen MR) is 70.3 cm³/mol. The van der Waals surface area contributed by atoms with Gasteiger partial charge in [0.25, 0.3) is 0 Å². The number of para-hydroxylation sites is 1. The van der Waals surface area contributed by atoms with E-state index in [0.717, 1.165) is 23.8 Å². The highest BCUT2D eigenvalue weighted by molar-refractivity contribution is 5.61. The summed E-state index contributed by atoms with van der Waals surface area (Å²) in [5.74, 6) is 1.98. The van der Waals surface area contributed by atoms with Crippen molar-refractivity contribution in [3.8, 4) is 0 Å². The van der Waals surface area contributed by atoms with Crippen molar-refractivity contribution < 1.29 is 0 Å². The number of nitrogens with two attached hydrogens (primary N) is 1. The first-order valence-electron chi connectivity index (χ1n) is 5.65. The van der Waals surface area contributed by atoms with Crippen LogP contribution in [0.3, 0.4) is 0 Å². The molecule has 0 unspecified atom stereocenters. The summed E-state index contributed by atoms with van der Waals surface area (Å²) in [6.07, 6.45) is 0.771. The molecule has 0 radical (unpaired) electrons. The molecule has 0 aliphatic heterocycles. The molecule has 1 aromatic heterocycles. The second kappa shape index (κ2) is 4.82. The third kappa shape index (κ3) is 2.72. The average molecular weight is 228 g/mol. The van der Waals surface area contributed by atoms with Crippen LogP contribution in [0.4, 0.5) is 17.3 Å². The predicted octanol–water partition coefficient (Wildman–Crippen LogP) is 2.67. The molecule has 4 heteroatoms. The van der Waals surface area contributed by atoms with Crippen LogP contribution in [0.2, 0.25) is 0 Å². The van der Waals surface area contributed by atoms with Crippen LogP contribution in [0, 0.1) is 6.92 Å². The molecule has 2 rings (SSSR count). The van der Waals surface area contributed by atoms with Gasteiger partial charge in [0, 0.05) is 18.2 Å². The van der Waals surface area contributed by atoms with Crippen molar-refractivity contribution in [1.29, 1.82) is 0 Å². The van der Waals surface area contributed by atoms with Crippen molar-refractivity contribution in [3.63, 3.8) is 0 Å². The second-order valence-electron chi connectivity index (χ2n) is 3.89.